The van der Waals surface area contributed by atoms with E-state index in [0.29, 0.717) is 17.0 Å². The molecular formula is C22H16N2O5. The monoisotopic (exact) mass is 388 g/mol. The smallest absolute Gasteiger partial charge is 0.367 e. The van der Waals surface area contributed by atoms with Gasteiger partial charge >= 0.3 is 5.97 Å². The Kier molecular flexibility index (Phi) is 4.78. The number of fused-ring (bicyclic) bond motifs is 1. The van der Waals surface area contributed by atoms with Crippen LogP contribution in [0.1, 0.15) is 18.1 Å². The maximum Gasteiger partial charge on any atom is 0.367 e. The van der Waals surface area contributed by atoms with Crippen LogP contribution in [0, 0.1) is 10.1 Å². The normalized spacial score (nSPS) is 14.7. The van der Waals surface area contributed by atoms with Crippen LogP contribution in [0.4, 0.5) is 5.69 Å². The maximum absolute atomic E-state index is 12.0. The first-order valence-electron chi connectivity index (χ1n) is 8.89. The summed E-state index contributed by atoms with van der Waals surface area (Å²) in [6.07, 6.45) is 1.72. The lowest BCUT2D eigenvalue weighted by atomic mass is 10.00. The van der Waals surface area contributed by atoms with Crippen LogP contribution in [0.3, 0.4) is 0 Å². The first-order chi connectivity index (χ1) is 14.0. The van der Waals surface area contributed by atoms with Crippen molar-refractivity contribution in [2.45, 2.75) is 13.5 Å². The SMILES string of the molecule is CC1=NOC(=O)/C1=C/c1c(OCc2ccc([N+](=O)[O-])cc2)ccc2ccccc12. The molecule has 29 heavy (non-hydrogen) atoms. The average Bonchev–Trinajstić information content (AvgIpc) is 3.05. The van der Waals surface area contributed by atoms with E-state index in [1.807, 2.05) is 36.4 Å². The molecule has 0 amide bonds. The number of nitrogens with zero attached hydrogens (tertiary/aromatic N) is 2. The molecule has 4 rings (SSSR count). The van der Waals surface area contributed by atoms with E-state index in [4.69, 9.17) is 9.57 Å². The van der Waals surface area contributed by atoms with E-state index in [2.05, 4.69) is 5.16 Å². The molecule has 0 aliphatic carbocycles. The van der Waals surface area contributed by atoms with Crippen LogP contribution < -0.4 is 4.74 Å². The topological polar surface area (TPSA) is 91.0 Å². The van der Waals surface area contributed by atoms with Crippen LogP contribution in [-0.2, 0) is 16.2 Å². The number of carbonyl (C=O) groups is 1. The molecule has 0 saturated heterocycles. The van der Waals surface area contributed by atoms with E-state index in [1.54, 1.807) is 25.1 Å². The Morgan fingerprint density at radius 3 is 2.55 bits per heavy atom. The second-order valence-electron chi connectivity index (χ2n) is 6.52. The van der Waals surface area contributed by atoms with Crippen LogP contribution >= 0.6 is 0 Å². The number of hydrogen-bond donors (Lipinski definition) is 0. The Morgan fingerprint density at radius 1 is 1.10 bits per heavy atom. The largest absolute Gasteiger partial charge is 0.488 e. The Labute approximate surface area is 166 Å². The standard InChI is InChI=1S/C22H16N2O5/c1-14-19(22(25)29-23-14)12-20-18-5-3-2-4-16(18)8-11-21(20)28-13-15-6-9-17(10-7-15)24(26)27/h2-12H,13H2,1H3/b19-12+. The molecule has 0 saturated carbocycles. The molecule has 7 heteroatoms. The number of ether oxygens (including phenoxy) is 1. The molecule has 0 radical (unpaired) electrons. The number of nitro groups is 1. The zero-order valence-electron chi connectivity index (χ0n) is 15.5. The number of non-ortho nitro benzene ring substituents is 1. The summed E-state index contributed by atoms with van der Waals surface area (Å²) >= 11 is 0. The lowest BCUT2D eigenvalue weighted by Crippen LogP contribution is -2.03. The van der Waals surface area contributed by atoms with E-state index >= 15 is 0 Å². The number of hydrogen-bond acceptors (Lipinski definition) is 6. The lowest BCUT2D eigenvalue weighted by molar-refractivity contribution is -0.384. The molecule has 1 aliphatic rings. The summed E-state index contributed by atoms with van der Waals surface area (Å²) in [6, 6.07) is 17.8. The van der Waals surface area contributed by atoms with Crippen LogP contribution in [-0.4, -0.2) is 16.6 Å². The van der Waals surface area contributed by atoms with Gasteiger partial charge in [-0.1, -0.05) is 35.5 Å². The van der Waals surface area contributed by atoms with E-state index in [1.165, 1.54) is 12.1 Å². The van der Waals surface area contributed by atoms with Crippen LogP contribution in [0.25, 0.3) is 16.8 Å². The lowest BCUT2D eigenvalue weighted by Gasteiger charge is -2.13. The summed E-state index contributed by atoms with van der Waals surface area (Å²) in [7, 11) is 0. The number of carbonyl (C=O) groups excluding carboxylic acids is 1. The van der Waals surface area contributed by atoms with Crippen LogP contribution in [0.2, 0.25) is 0 Å². The fraction of sp³-hybridized carbons (Fsp3) is 0.0909. The fourth-order valence-electron chi connectivity index (χ4n) is 3.09. The van der Waals surface area contributed by atoms with Gasteiger partial charge in [0.05, 0.1) is 16.2 Å². The summed E-state index contributed by atoms with van der Waals surface area (Å²) in [6.45, 7) is 1.93. The second kappa shape index (κ2) is 7.55. The molecule has 0 fully saturated rings. The van der Waals surface area contributed by atoms with Gasteiger partial charge in [0.1, 0.15) is 12.4 Å². The molecule has 0 atom stereocenters. The van der Waals surface area contributed by atoms with Gasteiger partial charge in [-0.2, -0.15) is 0 Å². The summed E-state index contributed by atoms with van der Waals surface area (Å²) in [5, 5.41) is 16.4. The highest BCUT2D eigenvalue weighted by atomic mass is 16.7. The van der Waals surface area contributed by atoms with E-state index in [0.717, 1.165) is 21.9 Å². The zero-order valence-corrected chi connectivity index (χ0v) is 15.5. The molecule has 7 nitrogen and oxygen atoms in total. The highest BCUT2D eigenvalue weighted by Gasteiger charge is 2.23. The van der Waals surface area contributed by atoms with Gasteiger partial charge in [-0.25, -0.2) is 4.79 Å². The molecule has 3 aromatic rings. The molecule has 0 spiro atoms. The van der Waals surface area contributed by atoms with Gasteiger partial charge in [0.2, 0.25) is 0 Å². The Hall–Kier alpha value is -4.00. The van der Waals surface area contributed by atoms with Crippen molar-refractivity contribution in [1.29, 1.82) is 0 Å². The molecule has 1 aliphatic heterocycles. The van der Waals surface area contributed by atoms with E-state index in [9.17, 15) is 14.9 Å². The Morgan fingerprint density at radius 2 is 1.86 bits per heavy atom. The van der Waals surface area contributed by atoms with Gasteiger partial charge in [0.15, 0.2) is 0 Å². The van der Waals surface area contributed by atoms with Crippen LogP contribution in [0.5, 0.6) is 5.75 Å². The summed E-state index contributed by atoms with van der Waals surface area (Å²) in [5.41, 5.74) is 2.44. The van der Waals surface area contributed by atoms with Gasteiger partial charge in [0, 0.05) is 17.7 Å². The van der Waals surface area contributed by atoms with Crippen molar-refractivity contribution < 1.29 is 19.3 Å². The number of benzene rings is 3. The number of nitro benzene ring substituents is 1. The van der Waals surface area contributed by atoms with Crippen molar-refractivity contribution in [2.24, 2.45) is 5.16 Å². The third kappa shape index (κ3) is 3.70. The molecule has 3 aromatic carbocycles. The Bertz CT molecular complexity index is 1180. The third-order valence-corrected chi connectivity index (χ3v) is 4.64. The quantitative estimate of drug-likeness (QED) is 0.275. The van der Waals surface area contributed by atoms with E-state index < -0.39 is 10.9 Å². The summed E-state index contributed by atoms with van der Waals surface area (Å²) in [4.78, 5) is 27.1. The molecule has 144 valence electrons. The predicted molar refractivity (Wildman–Crippen MR) is 109 cm³/mol. The average molecular weight is 388 g/mol. The second-order valence-corrected chi connectivity index (χ2v) is 6.52. The maximum atomic E-state index is 12.0. The van der Waals surface area contributed by atoms with Crippen molar-refractivity contribution in [3.05, 3.63) is 87.5 Å². The minimum Gasteiger partial charge on any atom is -0.488 e. The van der Waals surface area contributed by atoms with Crippen molar-refractivity contribution in [3.8, 4) is 5.75 Å². The summed E-state index contributed by atoms with van der Waals surface area (Å²) < 4.78 is 6.01. The van der Waals surface area contributed by atoms with Crippen molar-refractivity contribution in [1.82, 2.24) is 0 Å². The summed E-state index contributed by atoms with van der Waals surface area (Å²) in [5.74, 6) is 0.0822. The first-order valence-corrected chi connectivity index (χ1v) is 8.89. The van der Waals surface area contributed by atoms with E-state index in [-0.39, 0.29) is 12.3 Å². The predicted octanol–water partition coefficient (Wildman–Crippen LogP) is 4.64. The van der Waals surface area contributed by atoms with Gasteiger partial charge in [-0.15, -0.1) is 0 Å². The molecule has 0 N–H and O–H groups in total. The molecule has 1 heterocycles. The van der Waals surface area contributed by atoms with Crippen molar-refractivity contribution >= 4 is 34.2 Å². The Balaban J connectivity index is 1.70. The highest BCUT2D eigenvalue weighted by Crippen LogP contribution is 2.32. The molecule has 0 unspecified atom stereocenters. The highest BCUT2D eigenvalue weighted by molar-refractivity contribution is 6.25. The minimum absolute atomic E-state index is 0.0272. The zero-order chi connectivity index (χ0) is 20.4. The van der Waals surface area contributed by atoms with Crippen LogP contribution in [0.15, 0.2) is 71.4 Å². The molecular weight excluding hydrogens is 372 g/mol. The van der Waals surface area contributed by atoms with Gasteiger partial charge in [-0.3, -0.25) is 10.1 Å². The fourth-order valence-corrected chi connectivity index (χ4v) is 3.09. The third-order valence-electron chi connectivity index (χ3n) is 4.64. The number of rotatable bonds is 5. The number of oxime groups is 1. The first kappa shape index (κ1) is 18.4. The van der Waals surface area contributed by atoms with Gasteiger partial charge < -0.3 is 9.57 Å². The van der Waals surface area contributed by atoms with Gasteiger partial charge in [0.25, 0.3) is 5.69 Å². The van der Waals surface area contributed by atoms with Crippen molar-refractivity contribution in [2.75, 3.05) is 0 Å². The van der Waals surface area contributed by atoms with Gasteiger partial charge in [-0.05, 0) is 47.5 Å². The van der Waals surface area contributed by atoms with Crippen molar-refractivity contribution in [3.63, 3.8) is 0 Å². The molecule has 0 bridgehead atoms. The minimum atomic E-state index is -0.503. The molecule has 0 aromatic heterocycles.